The number of carbonyl (C=O) groups is 1. The van der Waals surface area contributed by atoms with E-state index in [-0.39, 0.29) is 6.09 Å². The molecule has 0 radical (unpaired) electrons. The van der Waals surface area contributed by atoms with Gasteiger partial charge in [-0.3, -0.25) is 0 Å². The van der Waals surface area contributed by atoms with E-state index in [4.69, 9.17) is 4.74 Å². The van der Waals surface area contributed by atoms with Crippen LogP contribution in [0.4, 0.5) is 4.79 Å². The van der Waals surface area contributed by atoms with Crippen molar-refractivity contribution in [2.24, 2.45) is 0 Å². The molecule has 0 spiro atoms. The monoisotopic (exact) mass is 197 g/mol. The summed E-state index contributed by atoms with van der Waals surface area (Å²) in [6.07, 6.45) is 4.83. The normalized spacial score (nSPS) is 9.79. The fourth-order valence-corrected chi connectivity index (χ4v) is 1.06. The number of aryl methyl sites for hydroxylation is 1. The lowest BCUT2D eigenvalue weighted by Gasteiger charge is -2.03. The number of alkyl carbamates (subject to hydrolysis) is 1. The smallest absolute Gasteiger partial charge is 0.407 e. The highest BCUT2D eigenvalue weighted by atomic mass is 16.5. The Kier molecular flexibility index (Phi) is 4.54. The molecule has 0 fully saturated rings. The van der Waals surface area contributed by atoms with Gasteiger partial charge in [-0.05, 0) is 13.3 Å². The van der Waals surface area contributed by atoms with Crippen molar-refractivity contribution in [1.29, 1.82) is 0 Å². The molecule has 0 bridgehead atoms. The van der Waals surface area contributed by atoms with Crippen LogP contribution in [-0.2, 0) is 11.2 Å². The van der Waals surface area contributed by atoms with Crippen molar-refractivity contribution in [3.63, 3.8) is 0 Å². The van der Waals surface area contributed by atoms with Crippen LogP contribution in [0.2, 0.25) is 0 Å². The Balaban J connectivity index is 2.02. The average molecular weight is 197 g/mol. The predicted molar refractivity (Wildman–Crippen MR) is 51.9 cm³/mol. The third-order valence-corrected chi connectivity index (χ3v) is 1.69. The van der Waals surface area contributed by atoms with Gasteiger partial charge in [-0.1, -0.05) is 0 Å². The van der Waals surface area contributed by atoms with Crippen molar-refractivity contribution in [2.45, 2.75) is 19.8 Å². The van der Waals surface area contributed by atoms with Gasteiger partial charge in [0.05, 0.1) is 6.61 Å². The molecule has 1 aromatic rings. The summed E-state index contributed by atoms with van der Waals surface area (Å²) in [5, 5.41) is 2.64. The number of imidazole rings is 1. The summed E-state index contributed by atoms with van der Waals surface area (Å²) >= 11 is 0. The van der Waals surface area contributed by atoms with E-state index in [1.165, 1.54) is 0 Å². The Hall–Kier alpha value is -1.52. The maximum atomic E-state index is 10.8. The lowest BCUT2D eigenvalue weighted by atomic mass is 10.3. The van der Waals surface area contributed by atoms with Gasteiger partial charge in [0.15, 0.2) is 0 Å². The van der Waals surface area contributed by atoms with Crippen LogP contribution >= 0.6 is 0 Å². The Morgan fingerprint density at radius 3 is 3.21 bits per heavy atom. The van der Waals surface area contributed by atoms with Gasteiger partial charge in [0, 0.05) is 25.4 Å². The summed E-state index contributed by atoms with van der Waals surface area (Å²) < 4.78 is 4.71. The van der Waals surface area contributed by atoms with Crippen molar-refractivity contribution in [3.8, 4) is 0 Å². The number of nitrogens with zero attached hydrogens (tertiary/aromatic N) is 1. The van der Waals surface area contributed by atoms with Gasteiger partial charge < -0.3 is 15.0 Å². The molecule has 1 aromatic heterocycles. The lowest BCUT2D eigenvalue weighted by molar-refractivity contribution is 0.152. The first-order valence-corrected chi connectivity index (χ1v) is 4.71. The van der Waals surface area contributed by atoms with E-state index in [9.17, 15) is 4.79 Å². The Bertz CT molecular complexity index is 259. The minimum absolute atomic E-state index is 0.355. The molecule has 1 heterocycles. The van der Waals surface area contributed by atoms with E-state index in [0.29, 0.717) is 13.2 Å². The van der Waals surface area contributed by atoms with Gasteiger partial charge in [-0.25, -0.2) is 9.78 Å². The summed E-state index contributed by atoms with van der Waals surface area (Å²) in [7, 11) is 0. The second-order valence-electron chi connectivity index (χ2n) is 2.79. The molecule has 0 atom stereocenters. The first-order chi connectivity index (χ1) is 6.83. The third-order valence-electron chi connectivity index (χ3n) is 1.69. The number of hydrogen-bond acceptors (Lipinski definition) is 3. The van der Waals surface area contributed by atoms with Crippen LogP contribution in [0.25, 0.3) is 0 Å². The first kappa shape index (κ1) is 10.6. The highest BCUT2D eigenvalue weighted by Gasteiger charge is 1.99. The third kappa shape index (κ3) is 3.93. The molecule has 78 valence electrons. The number of H-pyrrole nitrogens is 1. The average Bonchev–Trinajstić information content (AvgIpc) is 2.65. The molecular weight excluding hydrogens is 182 g/mol. The summed E-state index contributed by atoms with van der Waals surface area (Å²) in [4.78, 5) is 17.9. The first-order valence-electron chi connectivity index (χ1n) is 4.71. The van der Waals surface area contributed by atoms with Gasteiger partial charge in [-0.15, -0.1) is 0 Å². The largest absolute Gasteiger partial charge is 0.450 e. The van der Waals surface area contributed by atoms with Crippen LogP contribution in [0.1, 0.15) is 19.2 Å². The summed E-state index contributed by atoms with van der Waals surface area (Å²) in [6.45, 7) is 2.80. The number of hydrogen-bond donors (Lipinski definition) is 2. The van der Waals surface area contributed by atoms with Gasteiger partial charge in [0.2, 0.25) is 0 Å². The molecule has 1 amide bonds. The van der Waals surface area contributed by atoms with E-state index in [2.05, 4.69) is 15.3 Å². The van der Waals surface area contributed by atoms with Crippen LogP contribution in [0.15, 0.2) is 12.4 Å². The van der Waals surface area contributed by atoms with E-state index in [0.717, 1.165) is 18.7 Å². The Morgan fingerprint density at radius 2 is 2.57 bits per heavy atom. The van der Waals surface area contributed by atoms with Crippen LogP contribution < -0.4 is 5.32 Å². The molecule has 14 heavy (non-hydrogen) atoms. The number of ether oxygens (including phenoxy) is 1. The molecule has 0 aliphatic carbocycles. The number of aromatic amines is 1. The van der Waals surface area contributed by atoms with Crippen molar-refractivity contribution in [1.82, 2.24) is 15.3 Å². The zero-order chi connectivity index (χ0) is 10.2. The minimum atomic E-state index is -0.355. The van der Waals surface area contributed by atoms with Gasteiger partial charge in [0.25, 0.3) is 0 Å². The molecule has 0 aliphatic rings. The van der Waals surface area contributed by atoms with Crippen LogP contribution in [-0.4, -0.2) is 29.2 Å². The highest BCUT2D eigenvalue weighted by Crippen LogP contribution is 1.93. The number of carbonyl (C=O) groups excluding carboxylic acids is 1. The van der Waals surface area contributed by atoms with Crippen molar-refractivity contribution >= 4 is 6.09 Å². The molecule has 2 N–H and O–H groups in total. The summed E-state index contributed by atoms with van der Waals surface area (Å²) in [5.74, 6) is 0.940. The molecule has 5 nitrogen and oxygen atoms in total. The zero-order valence-electron chi connectivity index (χ0n) is 8.25. The SMILES string of the molecule is CCOC(=O)NCCCc1ncc[nH]1. The quantitative estimate of drug-likeness (QED) is 0.694. The van der Waals surface area contributed by atoms with Crippen molar-refractivity contribution in [3.05, 3.63) is 18.2 Å². The maximum absolute atomic E-state index is 10.8. The maximum Gasteiger partial charge on any atom is 0.407 e. The standard InChI is InChI=1S/C9H15N3O2/c1-2-14-9(13)12-5-3-4-8-10-6-7-11-8/h6-7H,2-5H2,1H3,(H,10,11)(H,12,13). The number of aromatic nitrogens is 2. The fraction of sp³-hybridized carbons (Fsp3) is 0.556. The molecule has 0 saturated carbocycles. The topological polar surface area (TPSA) is 67.0 Å². The second kappa shape index (κ2) is 6.01. The van der Waals surface area contributed by atoms with Crippen LogP contribution in [0.5, 0.6) is 0 Å². The predicted octanol–water partition coefficient (Wildman–Crippen LogP) is 1.09. The van der Waals surface area contributed by atoms with E-state index in [1.807, 2.05) is 0 Å². The fourth-order valence-electron chi connectivity index (χ4n) is 1.06. The second-order valence-corrected chi connectivity index (χ2v) is 2.79. The van der Waals surface area contributed by atoms with Crippen molar-refractivity contribution < 1.29 is 9.53 Å². The molecular formula is C9H15N3O2. The van der Waals surface area contributed by atoms with E-state index < -0.39 is 0 Å². The van der Waals surface area contributed by atoms with Crippen LogP contribution in [0.3, 0.4) is 0 Å². The Labute approximate surface area is 82.9 Å². The highest BCUT2D eigenvalue weighted by molar-refractivity contribution is 5.66. The van der Waals surface area contributed by atoms with Crippen molar-refractivity contribution in [2.75, 3.05) is 13.2 Å². The summed E-state index contributed by atoms with van der Waals surface area (Å²) in [6, 6.07) is 0. The molecule has 0 saturated heterocycles. The number of nitrogens with one attached hydrogen (secondary N) is 2. The van der Waals surface area contributed by atoms with Gasteiger partial charge >= 0.3 is 6.09 Å². The summed E-state index contributed by atoms with van der Waals surface area (Å²) in [5.41, 5.74) is 0. The molecule has 1 rings (SSSR count). The zero-order valence-corrected chi connectivity index (χ0v) is 8.25. The van der Waals surface area contributed by atoms with Crippen LogP contribution in [0, 0.1) is 0 Å². The minimum Gasteiger partial charge on any atom is -0.450 e. The molecule has 0 unspecified atom stereocenters. The molecule has 0 aliphatic heterocycles. The molecule has 5 heteroatoms. The molecule has 0 aromatic carbocycles. The number of rotatable bonds is 5. The van der Waals surface area contributed by atoms with Gasteiger partial charge in [-0.2, -0.15) is 0 Å². The lowest BCUT2D eigenvalue weighted by Crippen LogP contribution is -2.25. The van der Waals surface area contributed by atoms with E-state index in [1.54, 1.807) is 19.3 Å². The Morgan fingerprint density at radius 1 is 1.71 bits per heavy atom. The number of amides is 1. The van der Waals surface area contributed by atoms with Gasteiger partial charge in [0.1, 0.15) is 5.82 Å². The van der Waals surface area contributed by atoms with E-state index >= 15 is 0 Å².